The third-order valence-electron chi connectivity index (χ3n) is 3.03. The van der Waals surface area contributed by atoms with Crippen LogP contribution in [0.3, 0.4) is 0 Å². The molecule has 0 saturated carbocycles. The van der Waals surface area contributed by atoms with Crippen molar-refractivity contribution in [1.29, 1.82) is 0 Å². The second-order valence-electron chi connectivity index (χ2n) is 4.59. The quantitative estimate of drug-likeness (QED) is 0.756. The number of benzene rings is 1. The summed E-state index contributed by atoms with van der Waals surface area (Å²) in [6.07, 6.45) is 1.15. The normalized spacial score (nSPS) is 12.3. The van der Waals surface area contributed by atoms with Gasteiger partial charge in [0, 0.05) is 11.1 Å². The maximum Gasteiger partial charge on any atom is 0.260 e. The van der Waals surface area contributed by atoms with Crippen molar-refractivity contribution in [2.45, 2.75) is 45.8 Å². The zero-order chi connectivity index (χ0) is 15.3. The number of nitrogens with two attached hydrogens (primary N) is 1. The molecule has 6 heteroatoms. The van der Waals surface area contributed by atoms with Gasteiger partial charge in [-0.3, -0.25) is 4.79 Å². The molecule has 0 aromatic heterocycles. The zero-order valence-corrected chi connectivity index (χ0v) is 14.2. The van der Waals surface area contributed by atoms with Gasteiger partial charge in [0.25, 0.3) is 5.91 Å². The van der Waals surface area contributed by atoms with Gasteiger partial charge < -0.3 is 15.8 Å². The summed E-state index contributed by atoms with van der Waals surface area (Å²) in [7, 11) is 0. The van der Waals surface area contributed by atoms with Crippen LogP contribution in [0.4, 0.5) is 5.69 Å². The molecule has 1 aromatic carbocycles. The summed E-state index contributed by atoms with van der Waals surface area (Å²) < 4.78 is 6.27. The molecule has 0 aliphatic carbocycles. The summed E-state index contributed by atoms with van der Waals surface area (Å²) in [5.74, 6) is 0.279. The molecule has 1 aromatic rings. The van der Waals surface area contributed by atoms with E-state index >= 15 is 0 Å². The van der Waals surface area contributed by atoms with E-state index in [0.717, 1.165) is 12.8 Å². The van der Waals surface area contributed by atoms with Crippen molar-refractivity contribution in [2.24, 2.45) is 0 Å². The number of nitrogen functional groups attached to an aromatic ring is 1. The van der Waals surface area contributed by atoms with E-state index in [1.807, 2.05) is 13.8 Å². The van der Waals surface area contributed by atoms with Gasteiger partial charge in [-0.15, -0.1) is 0 Å². The van der Waals surface area contributed by atoms with Crippen molar-refractivity contribution in [1.82, 2.24) is 5.32 Å². The van der Waals surface area contributed by atoms with Gasteiger partial charge in [0.2, 0.25) is 0 Å². The highest BCUT2D eigenvalue weighted by molar-refractivity contribution is 9.10. The van der Waals surface area contributed by atoms with E-state index in [0.29, 0.717) is 20.9 Å². The van der Waals surface area contributed by atoms with Crippen LogP contribution in [0.25, 0.3) is 0 Å². The molecule has 0 aliphatic heterocycles. The first-order chi connectivity index (χ1) is 9.38. The van der Waals surface area contributed by atoms with E-state index in [1.54, 1.807) is 19.1 Å². The van der Waals surface area contributed by atoms with Crippen LogP contribution in [0, 0.1) is 0 Å². The number of halogens is 2. The average Bonchev–Trinajstić information content (AvgIpc) is 2.39. The second-order valence-corrected chi connectivity index (χ2v) is 5.88. The van der Waals surface area contributed by atoms with Gasteiger partial charge in [0.15, 0.2) is 11.9 Å². The number of hydrogen-bond donors (Lipinski definition) is 2. The molecule has 0 spiro atoms. The van der Waals surface area contributed by atoms with Gasteiger partial charge in [-0.25, -0.2) is 0 Å². The SMILES string of the molecule is CCC(CC)NC(=O)C(C)Oc1c(N)cc(Cl)cc1Br. The van der Waals surface area contributed by atoms with Crippen molar-refractivity contribution >= 4 is 39.1 Å². The lowest BCUT2D eigenvalue weighted by Crippen LogP contribution is -2.42. The molecule has 1 rings (SSSR count). The molecule has 0 heterocycles. The number of nitrogens with one attached hydrogen (secondary N) is 1. The van der Waals surface area contributed by atoms with Gasteiger partial charge in [-0.1, -0.05) is 25.4 Å². The Labute approximate surface area is 133 Å². The van der Waals surface area contributed by atoms with Crippen LogP contribution in [0.15, 0.2) is 16.6 Å². The van der Waals surface area contributed by atoms with Gasteiger partial charge >= 0.3 is 0 Å². The third-order valence-corrected chi connectivity index (χ3v) is 3.84. The fourth-order valence-corrected chi connectivity index (χ4v) is 2.67. The van der Waals surface area contributed by atoms with E-state index < -0.39 is 6.10 Å². The molecule has 0 aliphatic rings. The van der Waals surface area contributed by atoms with E-state index in [-0.39, 0.29) is 11.9 Å². The Morgan fingerprint density at radius 1 is 1.45 bits per heavy atom. The smallest absolute Gasteiger partial charge is 0.260 e. The summed E-state index contributed by atoms with van der Waals surface area (Å²) in [4.78, 5) is 12.0. The van der Waals surface area contributed by atoms with E-state index in [4.69, 9.17) is 22.1 Å². The first kappa shape index (κ1) is 17.1. The fraction of sp³-hybridized carbons (Fsp3) is 0.500. The summed E-state index contributed by atoms with van der Waals surface area (Å²) in [5.41, 5.74) is 6.25. The Morgan fingerprint density at radius 2 is 2.05 bits per heavy atom. The molecule has 0 radical (unpaired) electrons. The second kappa shape index (κ2) is 7.74. The molecule has 20 heavy (non-hydrogen) atoms. The first-order valence-corrected chi connectivity index (χ1v) is 7.77. The summed E-state index contributed by atoms with van der Waals surface area (Å²) >= 11 is 9.22. The number of anilines is 1. The van der Waals surface area contributed by atoms with Crippen molar-refractivity contribution in [2.75, 3.05) is 5.73 Å². The predicted octanol–water partition coefficient (Wildman–Crippen LogP) is 3.76. The van der Waals surface area contributed by atoms with Crippen molar-refractivity contribution < 1.29 is 9.53 Å². The summed E-state index contributed by atoms with van der Waals surface area (Å²) in [5, 5.41) is 3.45. The van der Waals surface area contributed by atoms with Gasteiger partial charge in [-0.05, 0) is 47.8 Å². The first-order valence-electron chi connectivity index (χ1n) is 6.60. The Hall–Kier alpha value is -0.940. The topological polar surface area (TPSA) is 64.3 Å². The number of amides is 1. The van der Waals surface area contributed by atoms with Crippen molar-refractivity contribution in [3.63, 3.8) is 0 Å². The lowest BCUT2D eigenvalue weighted by molar-refractivity contribution is -0.128. The molecule has 1 unspecified atom stereocenters. The molecule has 3 N–H and O–H groups in total. The lowest BCUT2D eigenvalue weighted by atomic mass is 10.1. The summed E-state index contributed by atoms with van der Waals surface area (Å²) in [6, 6.07) is 3.44. The molecular weight excluding hydrogens is 344 g/mol. The van der Waals surface area contributed by atoms with Crippen LogP contribution in [0.2, 0.25) is 5.02 Å². The molecule has 0 fully saturated rings. The largest absolute Gasteiger partial charge is 0.478 e. The molecule has 0 bridgehead atoms. The van der Waals surface area contributed by atoms with Crippen LogP contribution in [0.1, 0.15) is 33.6 Å². The van der Waals surface area contributed by atoms with Gasteiger partial charge in [-0.2, -0.15) is 0 Å². The van der Waals surface area contributed by atoms with Crippen molar-refractivity contribution in [3.8, 4) is 5.75 Å². The third kappa shape index (κ3) is 4.56. The molecule has 0 saturated heterocycles. The molecular formula is C14H20BrClN2O2. The van der Waals surface area contributed by atoms with Crippen LogP contribution < -0.4 is 15.8 Å². The minimum Gasteiger partial charge on any atom is -0.478 e. The van der Waals surface area contributed by atoms with E-state index in [9.17, 15) is 4.79 Å². The molecule has 4 nitrogen and oxygen atoms in total. The van der Waals surface area contributed by atoms with Crippen molar-refractivity contribution in [3.05, 3.63) is 21.6 Å². The maximum absolute atomic E-state index is 12.0. The highest BCUT2D eigenvalue weighted by atomic mass is 79.9. The van der Waals surface area contributed by atoms with Crippen LogP contribution >= 0.6 is 27.5 Å². The minimum absolute atomic E-state index is 0.153. The van der Waals surface area contributed by atoms with Gasteiger partial charge in [0.05, 0.1) is 10.2 Å². The van der Waals surface area contributed by atoms with E-state index in [2.05, 4.69) is 21.2 Å². The van der Waals surface area contributed by atoms with Crippen LogP contribution in [-0.4, -0.2) is 18.1 Å². The minimum atomic E-state index is -0.629. The zero-order valence-electron chi connectivity index (χ0n) is 11.9. The highest BCUT2D eigenvalue weighted by Crippen LogP contribution is 2.35. The fourth-order valence-electron chi connectivity index (χ4n) is 1.75. The highest BCUT2D eigenvalue weighted by Gasteiger charge is 2.19. The van der Waals surface area contributed by atoms with Crippen LogP contribution in [0.5, 0.6) is 5.75 Å². The Balaban J connectivity index is 2.76. The number of carbonyl (C=O) groups is 1. The molecule has 112 valence electrons. The number of rotatable bonds is 6. The van der Waals surface area contributed by atoms with Gasteiger partial charge in [0.1, 0.15) is 0 Å². The number of ether oxygens (including phenoxy) is 1. The summed E-state index contributed by atoms with van der Waals surface area (Å²) in [6.45, 7) is 5.76. The predicted molar refractivity (Wildman–Crippen MR) is 86.2 cm³/mol. The average molecular weight is 364 g/mol. The Morgan fingerprint density at radius 3 is 2.55 bits per heavy atom. The van der Waals surface area contributed by atoms with E-state index in [1.165, 1.54) is 0 Å². The monoisotopic (exact) mass is 362 g/mol. The Kier molecular flexibility index (Phi) is 6.62. The lowest BCUT2D eigenvalue weighted by Gasteiger charge is -2.20. The molecule has 1 atom stereocenters. The standard InChI is InChI=1S/C14H20BrClN2O2/c1-4-10(5-2)18-14(19)8(3)20-13-11(15)6-9(16)7-12(13)17/h6-8,10H,4-5,17H2,1-3H3,(H,18,19). The number of carbonyl (C=O) groups excluding carboxylic acids is 1. The van der Waals surface area contributed by atoms with Crippen LogP contribution in [-0.2, 0) is 4.79 Å². The Bertz CT molecular complexity index is 455. The number of hydrogen-bond acceptors (Lipinski definition) is 3. The molecule has 1 amide bonds. The maximum atomic E-state index is 12.0.